The van der Waals surface area contributed by atoms with Crippen molar-refractivity contribution in [2.75, 3.05) is 11.5 Å². The molecule has 0 aliphatic carbocycles. The first-order valence-corrected chi connectivity index (χ1v) is 9.74. The highest BCUT2D eigenvalue weighted by molar-refractivity contribution is 6.40. The third-order valence-corrected chi connectivity index (χ3v) is 4.72. The lowest BCUT2D eigenvalue weighted by atomic mass is 10.1. The number of ether oxygens (including phenoxy) is 1. The van der Waals surface area contributed by atoms with Gasteiger partial charge < -0.3 is 4.74 Å². The molecule has 1 saturated heterocycles. The zero-order chi connectivity index (χ0) is 21.1. The number of halogens is 3. The number of carbonyl (C=O) groups is 3. The molecule has 6 nitrogen and oxygen atoms in total. The molecule has 0 bridgehead atoms. The molecule has 150 valence electrons. The zero-order valence-corrected chi connectivity index (χ0v) is 17.4. The maximum Gasteiger partial charge on any atom is 0.335 e. The van der Waals surface area contributed by atoms with Crippen molar-refractivity contribution in [1.82, 2.24) is 5.32 Å². The molecular formula is C20H15Cl3N2O4. The molecule has 9 heteroatoms. The van der Waals surface area contributed by atoms with E-state index in [1.165, 1.54) is 42.5 Å². The minimum Gasteiger partial charge on any atom is -0.491 e. The van der Waals surface area contributed by atoms with Crippen molar-refractivity contribution >= 4 is 64.4 Å². The van der Waals surface area contributed by atoms with Gasteiger partial charge in [0.2, 0.25) is 0 Å². The Morgan fingerprint density at radius 2 is 1.72 bits per heavy atom. The Bertz CT molecular complexity index is 1020. The van der Waals surface area contributed by atoms with Gasteiger partial charge >= 0.3 is 6.03 Å². The summed E-state index contributed by atoms with van der Waals surface area (Å²) in [6, 6.07) is 8.23. The van der Waals surface area contributed by atoms with Crippen LogP contribution < -0.4 is 15.0 Å². The van der Waals surface area contributed by atoms with Gasteiger partial charge in [-0.15, -0.1) is 0 Å². The van der Waals surface area contributed by atoms with Crippen LogP contribution in [0.4, 0.5) is 10.5 Å². The highest BCUT2D eigenvalue weighted by Crippen LogP contribution is 2.35. The van der Waals surface area contributed by atoms with Crippen LogP contribution in [0.3, 0.4) is 0 Å². The summed E-state index contributed by atoms with van der Waals surface area (Å²) < 4.78 is 5.66. The second kappa shape index (κ2) is 8.86. The quantitative estimate of drug-likeness (QED) is 0.505. The first-order chi connectivity index (χ1) is 13.8. The van der Waals surface area contributed by atoms with E-state index in [0.29, 0.717) is 28.0 Å². The normalized spacial score (nSPS) is 15.7. The SMILES string of the molecule is CCCOc1c(Cl)cc(Cl)cc1/C=C1\C(=O)NC(=O)N(c2ccc(Cl)cc2)C1=O. The Morgan fingerprint density at radius 3 is 2.38 bits per heavy atom. The smallest absolute Gasteiger partial charge is 0.335 e. The maximum absolute atomic E-state index is 13.0. The maximum atomic E-state index is 13.0. The molecule has 0 unspecified atom stereocenters. The van der Waals surface area contributed by atoms with Crippen molar-refractivity contribution in [3.05, 3.63) is 62.6 Å². The number of hydrogen-bond acceptors (Lipinski definition) is 4. The second-order valence-electron chi connectivity index (χ2n) is 6.09. The number of amides is 4. The molecule has 4 amide bonds. The number of rotatable bonds is 5. The number of anilines is 1. The van der Waals surface area contributed by atoms with Gasteiger partial charge in [-0.2, -0.15) is 0 Å². The molecule has 1 fully saturated rings. The molecule has 2 aromatic rings. The monoisotopic (exact) mass is 452 g/mol. The highest BCUT2D eigenvalue weighted by atomic mass is 35.5. The standard InChI is InChI=1S/C20H15Cl3N2O4/c1-2-7-29-17-11(8-13(22)10-16(17)23)9-15-18(26)24-20(28)25(19(15)27)14-5-3-12(21)4-6-14/h3-6,8-10H,2,7H2,1H3,(H,24,26,28)/b15-9+. The largest absolute Gasteiger partial charge is 0.491 e. The van der Waals surface area contributed by atoms with Crippen LogP contribution in [0.25, 0.3) is 6.08 Å². The van der Waals surface area contributed by atoms with E-state index in [2.05, 4.69) is 5.32 Å². The van der Waals surface area contributed by atoms with Gasteiger partial charge in [0.05, 0.1) is 17.3 Å². The van der Waals surface area contributed by atoms with Crippen LogP contribution in [0.2, 0.25) is 15.1 Å². The molecule has 29 heavy (non-hydrogen) atoms. The van der Waals surface area contributed by atoms with Gasteiger partial charge in [0.15, 0.2) is 0 Å². The Balaban J connectivity index is 2.06. The number of benzene rings is 2. The van der Waals surface area contributed by atoms with E-state index in [9.17, 15) is 14.4 Å². The van der Waals surface area contributed by atoms with Crippen LogP contribution >= 0.6 is 34.8 Å². The Hall–Kier alpha value is -2.54. The molecule has 1 heterocycles. The number of urea groups is 1. The van der Waals surface area contributed by atoms with E-state index < -0.39 is 17.8 Å². The first kappa shape index (κ1) is 21.2. The third kappa shape index (κ3) is 4.56. The van der Waals surface area contributed by atoms with Crippen LogP contribution in [-0.4, -0.2) is 24.5 Å². The summed E-state index contributed by atoms with van der Waals surface area (Å²) in [7, 11) is 0. The van der Waals surface area contributed by atoms with Gasteiger partial charge in [0.25, 0.3) is 11.8 Å². The van der Waals surface area contributed by atoms with Gasteiger partial charge in [-0.1, -0.05) is 41.7 Å². The molecule has 0 spiro atoms. The Morgan fingerprint density at radius 1 is 1.03 bits per heavy atom. The van der Waals surface area contributed by atoms with Gasteiger partial charge in [-0.25, -0.2) is 9.69 Å². The molecule has 1 aliphatic rings. The molecule has 0 radical (unpaired) electrons. The number of hydrogen-bond donors (Lipinski definition) is 1. The summed E-state index contributed by atoms with van der Waals surface area (Å²) in [5, 5.41) is 3.14. The fourth-order valence-electron chi connectivity index (χ4n) is 2.68. The topological polar surface area (TPSA) is 75.7 Å². The van der Waals surface area contributed by atoms with Gasteiger partial charge in [-0.3, -0.25) is 14.9 Å². The van der Waals surface area contributed by atoms with Gasteiger partial charge in [0.1, 0.15) is 11.3 Å². The summed E-state index contributed by atoms with van der Waals surface area (Å²) in [5.74, 6) is -1.33. The van der Waals surface area contributed by atoms with E-state index in [1.807, 2.05) is 6.92 Å². The molecule has 1 N–H and O–H groups in total. The van der Waals surface area contributed by atoms with E-state index in [4.69, 9.17) is 39.5 Å². The predicted molar refractivity (Wildman–Crippen MR) is 113 cm³/mol. The van der Waals surface area contributed by atoms with Crippen molar-refractivity contribution < 1.29 is 19.1 Å². The summed E-state index contributed by atoms with van der Waals surface area (Å²) in [6.07, 6.45) is 2.03. The second-order valence-corrected chi connectivity index (χ2v) is 7.37. The van der Waals surface area contributed by atoms with Gasteiger partial charge in [-0.05, 0) is 48.9 Å². The average Bonchev–Trinajstić information content (AvgIpc) is 2.65. The minimum absolute atomic E-state index is 0.243. The van der Waals surface area contributed by atoms with E-state index in [1.54, 1.807) is 0 Å². The first-order valence-electron chi connectivity index (χ1n) is 8.60. The summed E-state index contributed by atoms with van der Waals surface area (Å²) in [4.78, 5) is 38.4. The Labute approximate surface area is 182 Å². The van der Waals surface area contributed by atoms with Crippen LogP contribution in [0.5, 0.6) is 5.75 Å². The molecule has 0 aromatic heterocycles. The van der Waals surface area contributed by atoms with Crippen molar-refractivity contribution in [1.29, 1.82) is 0 Å². The number of nitrogens with zero attached hydrogens (tertiary/aromatic N) is 1. The minimum atomic E-state index is -0.856. The summed E-state index contributed by atoms with van der Waals surface area (Å²) in [6.45, 7) is 2.31. The van der Waals surface area contributed by atoms with E-state index >= 15 is 0 Å². The van der Waals surface area contributed by atoms with Gasteiger partial charge in [0, 0.05) is 15.6 Å². The van der Waals surface area contributed by atoms with Crippen LogP contribution in [-0.2, 0) is 9.59 Å². The van der Waals surface area contributed by atoms with Crippen molar-refractivity contribution in [3.63, 3.8) is 0 Å². The summed E-state index contributed by atoms with van der Waals surface area (Å²) >= 11 is 18.2. The molecule has 2 aromatic carbocycles. The number of nitrogens with one attached hydrogen (secondary N) is 1. The van der Waals surface area contributed by atoms with Crippen LogP contribution in [0, 0.1) is 0 Å². The van der Waals surface area contributed by atoms with Crippen LogP contribution in [0.1, 0.15) is 18.9 Å². The number of barbiturate groups is 1. The predicted octanol–water partition coefficient (Wildman–Crippen LogP) is 5.10. The van der Waals surface area contributed by atoms with Crippen molar-refractivity contribution in [2.45, 2.75) is 13.3 Å². The third-order valence-electron chi connectivity index (χ3n) is 3.97. The van der Waals surface area contributed by atoms with Crippen LogP contribution in [0.15, 0.2) is 42.0 Å². The van der Waals surface area contributed by atoms with Crippen molar-refractivity contribution in [3.8, 4) is 5.75 Å². The zero-order valence-electron chi connectivity index (χ0n) is 15.2. The fourth-order valence-corrected chi connectivity index (χ4v) is 3.37. The molecular weight excluding hydrogens is 439 g/mol. The van der Waals surface area contributed by atoms with E-state index in [-0.39, 0.29) is 16.3 Å². The van der Waals surface area contributed by atoms with Crippen molar-refractivity contribution in [2.24, 2.45) is 0 Å². The fraction of sp³-hybridized carbons (Fsp3) is 0.150. The highest BCUT2D eigenvalue weighted by Gasteiger charge is 2.37. The Kier molecular flexibility index (Phi) is 6.47. The lowest BCUT2D eigenvalue weighted by Crippen LogP contribution is -2.54. The summed E-state index contributed by atoms with van der Waals surface area (Å²) in [5.41, 5.74) is 0.348. The number of imide groups is 2. The average molecular weight is 454 g/mol. The number of carbonyl (C=O) groups excluding carboxylic acids is 3. The lowest BCUT2D eigenvalue weighted by molar-refractivity contribution is -0.122. The lowest BCUT2D eigenvalue weighted by Gasteiger charge is -2.26. The molecule has 1 aliphatic heterocycles. The molecule has 0 atom stereocenters. The molecule has 3 rings (SSSR count). The molecule has 0 saturated carbocycles. The van der Waals surface area contributed by atoms with E-state index in [0.717, 1.165) is 11.3 Å².